The number of guanidine groups is 1. The van der Waals surface area contributed by atoms with Gasteiger partial charge < -0.3 is 15.4 Å². The summed E-state index contributed by atoms with van der Waals surface area (Å²) in [5.74, 6) is 1.82. The van der Waals surface area contributed by atoms with Crippen LogP contribution in [0.5, 0.6) is 5.75 Å². The van der Waals surface area contributed by atoms with E-state index >= 15 is 0 Å². The molecule has 178 valence electrons. The largest absolute Gasteiger partial charge is 0.489 e. The first-order valence-corrected chi connectivity index (χ1v) is 11.5. The van der Waals surface area contributed by atoms with Crippen molar-refractivity contribution in [1.82, 2.24) is 15.5 Å². The van der Waals surface area contributed by atoms with E-state index < -0.39 is 0 Å². The monoisotopic (exact) mass is 564 g/mol. The van der Waals surface area contributed by atoms with Gasteiger partial charge in [-0.3, -0.25) is 14.5 Å². The minimum atomic E-state index is -0.118. The van der Waals surface area contributed by atoms with E-state index in [2.05, 4.69) is 34.4 Å². The van der Waals surface area contributed by atoms with Crippen molar-refractivity contribution in [3.8, 4) is 5.75 Å². The fourth-order valence-electron chi connectivity index (χ4n) is 5.06. The lowest BCUT2D eigenvalue weighted by atomic mass is 9.85. The number of hydrogen-bond acceptors (Lipinski definition) is 4. The van der Waals surface area contributed by atoms with E-state index in [1.807, 2.05) is 31.2 Å². The number of likely N-dealkylation sites (tertiary alicyclic amines) is 1. The van der Waals surface area contributed by atoms with Crippen LogP contribution in [-0.4, -0.2) is 48.9 Å². The van der Waals surface area contributed by atoms with Crippen molar-refractivity contribution in [1.29, 1.82) is 0 Å². The summed E-state index contributed by atoms with van der Waals surface area (Å²) in [6, 6.07) is 7.82. The standard InChI is InChI=1S/C25H32N4O3.HI/c1-3-14-32-20-9-6-5-8-19(20)16-28-25(26-4-2)27-12-7-13-29-23(30)21-17-10-11-18(15-17)22(21)24(29)31;/h3,5-6,8-11,17-18,21-22H,1,4,7,12-16H2,2H3,(H2,26,27,28);1H. The average Bonchev–Trinajstić information content (AvgIpc) is 3.48. The van der Waals surface area contributed by atoms with Crippen LogP contribution in [0, 0.1) is 23.7 Å². The Balaban J connectivity index is 0.00000306. The molecule has 1 heterocycles. The highest BCUT2D eigenvalue weighted by molar-refractivity contribution is 14.0. The van der Waals surface area contributed by atoms with Gasteiger partial charge in [0.25, 0.3) is 0 Å². The number of rotatable bonds is 10. The predicted octanol–water partition coefficient (Wildman–Crippen LogP) is 3.12. The highest BCUT2D eigenvalue weighted by Crippen LogP contribution is 2.52. The molecule has 2 bridgehead atoms. The molecule has 4 atom stereocenters. The number of hydrogen-bond donors (Lipinski definition) is 2. The third-order valence-electron chi connectivity index (χ3n) is 6.49. The first-order chi connectivity index (χ1) is 15.6. The first-order valence-electron chi connectivity index (χ1n) is 11.5. The second-order valence-electron chi connectivity index (χ2n) is 8.51. The molecule has 2 fully saturated rings. The van der Waals surface area contributed by atoms with Gasteiger partial charge in [0, 0.05) is 25.2 Å². The Morgan fingerprint density at radius 3 is 2.55 bits per heavy atom. The third-order valence-corrected chi connectivity index (χ3v) is 6.49. The highest BCUT2D eigenvalue weighted by Gasteiger charge is 2.58. The Morgan fingerprint density at radius 2 is 1.88 bits per heavy atom. The van der Waals surface area contributed by atoms with E-state index in [-0.39, 0.29) is 59.5 Å². The summed E-state index contributed by atoms with van der Waals surface area (Å²) in [4.78, 5) is 31.7. The van der Waals surface area contributed by atoms with Gasteiger partial charge in [-0.1, -0.05) is 43.0 Å². The molecule has 1 saturated heterocycles. The summed E-state index contributed by atoms with van der Waals surface area (Å²) in [6.07, 6.45) is 7.62. The van der Waals surface area contributed by atoms with Gasteiger partial charge in [0.05, 0.1) is 18.4 Å². The summed E-state index contributed by atoms with van der Waals surface area (Å²) in [6.45, 7) is 8.45. The minimum Gasteiger partial charge on any atom is -0.489 e. The van der Waals surface area contributed by atoms with Crippen molar-refractivity contribution >= 4 is 41.8 Å². The van der Waals surface area contributed by atoms with Crippen LogP contribution in [0.4, 0.5) is 0 Å². The summed E-state index contributed by atoms with van der Waals surface area (Å²) in [5, 5.41) is 6.55. The number of benzene rings is 1. The van der Waals surface area contributed by atoms with Gasteiger partial charge in [0.1, 0.15) is 12.4 Å². The van der Waals surface area contributed by atoms with Gasteiger partial charge in [-0.25, -0.2) is 4.99 Å². The van der Waals surface area contributed by atoms with Crippen molar-refractivity contribution in [3.05, 3.63) is 54.6 Å². The summed E-state index contributed by atoms with van der Waals surface area (Å²) < 4.78 is 5.70. The fourth-order valence-corrected chi connectivity index (χ4v) is 5.06. The Kier molecular flexibility index (Phi) is 8.94. The number of fused-ring (bicyclic) bond motifs is 5. The normalized spacial score (nSPS) is 25.1. The molecule has 7 nitrogen and oxygen atoms in total. The molecule has 1 saturated carbocycles. The molecule has 4 unspecified atom stereocenters. The molecule has 3 aliphatic rings. The summed E-state index contributed by atoms with van der Waals surface area (Å²) in [5.41, 5.74) is 0.995. The third kappa shape index (κ3) is 5.42. The predicted molar refractivity (Wildman–Crippen MR) is 139 cm³/mol. The number of amides is 2. The molecule has 8 heteroatoms. The number of allylic oxidation sites excluding steroid dienone is 2. The van der Waals surface area contributed by atoms with Crippen molar-refractivity contribution in [2.24, 2.45) is 28.7 Å². The van der Waals surface area contributed by atoms with E-state index in [9.17, 15) is 9.59 Å². The second-order valence-corrected chi connectivity index (χ2v) is 8.51. The number of imide groups is 1. The number of carbonyl (C=O) groups excluding carboxylic acids is 2. The van der Waals surface area contributed by atoms with E-state index in [0.717, 1.165) is 24.3 Å². The van der Waals surface area contributed by atoms with Crippen LogP contribution in [0.3, 0.4) is 0 Å². The number of ether oxygens (including phenoxy) is 1. The van der Waals surface area contributed by atoms with Gasteiger partial charge in [-0.05, 0) is 37.7 Å². The van der Waals surface area contributed by atoms with E-state index in [4.69, 9.17) is 4.74 Å². The molecule has 2 aliphatic carbocycles. The number of halogens is 1. The molecule has 2 amide bonds. The number of para-hydroxylation sites is 1. The molecule has 1 aromatic rings. The van der Waals surface area contributed by atoms with Gasteiger partial charge in [0.15, 0.2) is 5.96 Å². The lowest BCUT2D eigenvalue weighted by Crippen LogP contribution is -2.40. The number of carbonyl (C=O) groups is 2. The molecule has 1 aromatic carbocycles. The van der Waals surface area contributed by atoms with Crippen LogP contribution >= 0.6 is 24.0 Å². The van der Waals surface area contributed by atoms with E-state index in [0.29, 0.717) is 38.6 Å². The SMILES string of the molecule is C=CCOc1ccccc1CN=C(NCC)NCCCN1C(=O)C2C3C=CC(C3)C2C1=O.I. The summed E-state index contributed by atoms with van der Waals surface area (Å²) in [7, 11) is 0. The zero-order valence-electron chi connectivity index (χ0n) is 19.0. The maximum absolute atomic E-state index is 12.8. The minimum absolute atomic E-state index is 0. The molecular weight excluding hydrogens is 531 g/mol. The molecule has 0 radical (unpaired) electrons. The molecule has 0 aromatic heterocycles. The van der Waals surface area contributed by atoms with Gasteiger partial charge >= 0.3 is 0 Å². The van der Waals surface area contributed by atoms with Crippen molar-refractivity contribution in [2.45, 2.75) is 26.3 Å². The quantitative estimate of drug-likeness (QED) is 0.114. The topological polar surface area (TPSA) is 83.0 Å². The molecule has 33 heavy (non-hydrogen) atoms. The maximum Gasteiger partial charge on any atom is 0.233 e. The van der Waals surface area contributed by atoms with E-state index in [1.165, 1.54) is 4.90 Å². The Hall–Kier alpha value is -2.36. The zero-order chi connectivity index (χ0) is 22.5. The van der Waals surface area contributed by atoms with Crippen molar-refractivity contribution in [3.63, 3.8) is 0 Å². The Bertz CT molecular complexity index is 902. The molecule has 2 N–H and O–H groups in total. The lowest BCUT2D eigenvalue weighted by Gasteiger charge is -2.18. The number of nitrogens with one attached hydrogen (secondary N) is 2. The Morgan fingerprint density at radius 1 is 1.18 bits per heavy atom. The van der Waals surface area contributed by atoms with Crippen LogP contribution in [0.1, 0.15) is 25.3 Å². The molecule has 1 aliphatic heterocycles. The van der Waals surface area contributed by atoms with Crippen LogP contribution < -0.4 is 15.4 Å². The van der Waals surface area contributed by atoms with Crippen LogP contribution in [0.15, 0.2) is 54.1 Å². The lowest BCUT2D eigenvalue weighted by molar-refractivity contribution is -0.140. The molecule has 4 rings (SSSR count). The van der Waals surface area contributed by atoms with Crippen LogP contribution in [0.2, 0.25) is 0 Å². The summed E-state index contributed by atoms with van der Waals surface area (Å²) >= 11 is 0. The van der Waals surface area contributed by atoms with E-state index in [1.54, 1.807) is 6.08 Å². The van der Waals surface area contributed by atoms with Gasteiger partial charge in [-0.2, -0.15) is 0 Å². The van der Waals surface area contributed by atoms with Gasteiger partial charge in [0.2, 0.25) is 11.8 Å². The van der Waals surface area contributed by atoms with Crippen molar-refractivity contribution in [2.75, 3.05) is 26.2 Å². The smallest absolute Gasteiger partial charge is 0.233 e. The maximum atomic E-state index is 12.8. The highest BCUT2D eigenvalue weighted by atomic mass is 127. The molecule has 0 spiro atoms. The second kappa shape index (κ2) is 11.7. The van der Waals surface area contributed by atoms with Crippen molar-refractivity contribution < 1.29 is 14.3 Å². The van der Waals surface area contributed by atoms with Gasteiger partial charge in [-0.15, -0.1) is 24.0 Å². The molecular formula is C25H33IN4O3. The van der Waals surface area contributed by atoms with Crippen LogP contribution in [0.25, 0.3) is 0 Å². The first kappa shape index (κ1) is 25.3. The fraction of sp³-hybridized carbons (Fsp3) is 0.480. The number of nitrogens with zero attached hydrogens (tertiary/aromatic N) is 2. The Labute approximate surface area is 212 Å². The average molecular weight is 564 g/mol. The van der Waals surface area contributed by atoms with Crippen LogP contribution in [-0.2, 0) is 16.1 Å². The zero-order valence-corrected chi connectivity index (χ0v) is 21.4. The number of aliphatic imine (C=N–C) groups is 1.